The van der Waals surface area contributed by atoms with Crippen LogP contribution in [0.3, 0.4) is 0 Å². The van der Waals surface area contributed by atoms with Crippen molar-refractivity contribution in [1.29, 1.82) is 0 Å². The number of nitrogens with zero attached hydrogens (tertiary/aromatic N) is 5. The second-order valence-corrected chi connectivity index (χ2v) is 7.00. The van der Waals surface area contributed by atoms with Gasteiger partial charge in [0.05, 0.1) is 12.6 Å². The van der Waals surface area contributed by atoms with Crippen LogP contribution in [0.1, 0.15) is 43.8 Å². The number of hydrogen-bond acceptors (Lipinski definition) is 4. The molecule has 1 amide bonds. The minimum atomic E-state index is -0.0775. The van der Waals surface area contributed by atoms with E-state index in [2.05, 4.69) is 26.6 Å². The van der Waals surface area contributed by atoms with Crippen LogP contribution in [0, 0.1) is 0 Å². The molecule has 1 aliphatic heterocycles. The van der Waals surface area contributed by atoms with E-state index >= 15 is 0 Å². The number of likely N-dealkylation sites (N-methyl/N-ethyl adjacent to an activating group) is 1. The molecule has 1 aliphatic carbocycles. The van der Waals surface area contributed by atoms with E-state index in [4.69, 9.17) is 0 Å². The summed E-state index contributed by atoms with van der Waals surface area (Å²) in [4.78, 5) is 17.1. The Morgan fingerprint density at radius 3 is 2.60 bits per heavy atom. The van der Waals surface area contributed by atoms with E-state index in [1.807, 2.05) is 42.3 Å². The van der Waals surface area contributed by atoms with Gasteiger partial charge in [0.15, 0.2) is 0 Å². The predicted molar refractivity (Wildman–Crippen MR) is 96.3 cm³/mol. The molecule has 4 rings (SSSR count). The molecule has 1 atom stereocenters. The van der Waals surface area contributed by atoms with Crippen molar-refractivity contribution >= 4 is 11.6 Å². The monoisotopic (exact) mass is 339 g/mol. The van der Waals surface area contributed by atoms with Crippen LogP contribution >= 0.6 is 0 Å². The first kappa shape index (κ1) is 16.3. The van der Waals surface area contributed by atoms with Crippen LogP contribution in [0.25, 0.3) is 0 Å². The van der Waals surface area contributed by atoms with E-state index in [0.717, 1.165) is 36.8 Å². The summed E-state index contributed by atoms with van der Waals surface area (Å²) in [6.45, 7) is 4.38. The molecule has 2 fully saturated rings. The molecule has 2 aliphatic rings. The Balaban J connectivity index is 1.49. The van der Waals surface area contributed by atoms with Crippen molar-refractivity contribution in [3.8, 4) is 0 Å². The summed E-state index contributed by atoms with van der Waals surface area (Å²) < 4.78 is 2.12. The number of carbonyl (C=O) groups excluding carboxylic acids is 1. The lowest BCUT2D eigenvalue weighted by Gasteiger charge is -2.26. The first-order valence-corrected chi connectivity index (χ1v) is 9.17. The average molecular weight is 339 g/mol. The Labute approximate surface area is 148 Å². The lowest BCUT2D eigenvalue weighted by atomic mass is 10.2. The van der Waals surface area contributed by atoms with Gasteiger partial charge in [-0.1, -0.05) is 25.1 Å². The summed E-state index contributed by atoms with van der Waals surface area (Å²) in [6.07, 6.45) is 3.29. The van der Waals surface area contributed by atoms with Gasteiger partial charge >= 0.3 is 0 Å². The molecule has 6 nitrogen and oxygen atoms in total. The number of benzene rings is 1. The molecule has 0 radical (unpaired) electrons. The van der Waals surface area contributed by atoms with E-state index in [1.165, 1.54) is 12.8 Å². The van der Waals surface area contributed by atoms with Crippen molar-refractivity contribution in [3.63, 3.8) is 0 Å². The molecule has 0 unspecified atom stereocenters. The van der Waals surface area contributed by atoms with Gasteiger partial charge in [0.2, 0.25) is 5.91 Å². The smallest absolute Gasteiger partial charge is 0.244 e. The Bertz CT molecular complexity index is 752. The van der Waals surface area contributed by atoms with Crippen molar-refractivity contribution in [1.82, 2.24) is 19.7 Å². The third-order valence-electron chi connectivity index (χ3n) is 5.38. The van der Waals surface area contributed by atoms with E-state index < -0.39 is 0 Å². The second kappa shape index (κ2) is 6.59. The Hall–Kier alpha value is -2.21. The standard InChI is InChI=1S/C19H25N5O/c1-3-23(13-17-20-21-18(22(17)2)14-9-10-14)16-11-12-24(19(16)25)15-7-5-4-6-8-15/h4-8,14,16H,3,9-13H2,1-2H3/t16-/m0/s1. The molecule has 1 saturated carbocycles. The number of anilines is 1. The highest BCUT2D eigenvalue weighted by Crippen LogP contribution is 2.38. The molecule has 25 heavy (non-hydrogen) atoms. The molecule has 1 aromatic heterocycles. The molecule has 2 aromatic rings. The van der Waals surface area contributed by atoms with Crippen LogP contribution in [0.2, 0.25) is 0 Å². The van der Waals surface area contributed by atoms with E-state index in [-0.39, 0.29) is 11.9 Å². The van der Waals surface area contributed by atoms with Crippen LogP contribution < -0.4 is 4.90 Å². The van der Waals surface area contributed by atoms with Crippen LogP contribution in [-0.2, 0) is 18.4 Å². The highest BCUT2D eigenvalue weighted by atomic mass is 16.2. The first-order chi connectivity index (χ1) is 12.2. The molecule has 0 spiro atoms. The number of hydrogen-bond donors (Lipinski definition) is 0. The number of rotatable bonds is 6. The summed E-state index contributed by atoms with van der Waals surface area (Å²) in [5, 5.41) is 8.75. The zero-order valence-corrected chi connectivity index (χ0v) is 14.9. The average Bonchev–Trinajstić information content (AvgIpc) is 3.32. The maximum Gasteiger partial charge on any atom is 0.244 e. The number of para-hydroxylation sites is 1. The molecular weight excluding hydrogens is 314 g/mol. The van der Waals surface area contributed by atoms with Gasteiger partial charge in [0.1, 0.15) is 11.6 Å². The Morgan fingerprint density at radius 1 is 1.16 bits per heavy atom. The predicted octanol–water partition coefficient (Wildman–Crippen LogP) is 2.32. The fourth-order valence-corrected chi connectivity index (χ4v) is 3.70. The van der Waals surface area contributed by atoms with Crippen molar-refractivity contribution < 1.29 is 4.79 Å². The van der Waals surface area contributed by atoms with E-state index in [9.17, 15) is 4.79 Å². The molecule has 1 saturated heterocycles. The molecular formula is C19H25N5O. The third kappa shape index (κ3) is 3.06. The lowest BCUT2D eigenvalue weighted by molar-refractivity contribution is -0.121. The minimum absolute atomic E-state index is 0.0775. The van der Waals surface area contributed by atoms with Gasteiger partial charge in [0.25, 0.3) is 0 Å². The molecule has 0 bridgehead atoms. The van der Waals surface area contributed by atoms with Crippen molar-refractivity contribution in [2.45, 2.75) is 44.7 Å². The number of aromatic nitrogens is 3. The Kier molecular flexibility index (Phi) is 4.29. The molecule has 2 heterocycles. The number of amides is 1. The zero-order valence-electron chi connectivity index (χ0n) is 14.9. The number of carbonyl (C=O) groups is 1. The fraction of sp³-hybridized carbons (Fsp3) is 0.526. The molecule has 0 N–H and O–H groups in total. The first-order valence-electron chi connectivity index (χ1n) is 9.17. The van der Waals surface area contributed by atoms with Gasteiger partial charge in [-0.25, -0.2) is 0 Å². The molecule has 6 heteroatoms. The minimum Gasteiger partial charge on any atom is -0.317 e. The topological polar surface area (TPSA) is 54.3 Å². The van der Waals surface area contributed by atoms with Gasteiger partial charge in [-0.2, -0.15) is 0 Å². The van der Waals surface area contributed by atoms with Gasteiger partial charge in [-0.3, -0.25) is 9.69 Å². The maximum atomic E-state index is 12.9. The fourth-order valence-electron chi connectivity index (χ4n) is 3.70. The summed E-state index contributed by atoms with van der Waals surface area (Å²) >= 11 is 0. The van der Waals surface area contributed by atoms with Crippen molar-refractivity contribution in [3.05, 3.63) is 42.0 Å². The second-order valence-electron chi connectivity index (χ2n) is 7.00. The molecule has 132 valence electrons. The van der Waals surface area contributed by atoms with Gasteiger partial charge in [-0.15, -0.1) is 10.2 Å². The lowest BCUT2D eigenvalue weighted by Crippen LogP contribution is -2.42. The summed E-state index contributed by atoms with van der Waals surface area (Å²) in [5.41, 5.74) is 0.987. The largest absolute Gasteiger partial charge is 0.317 e. The summed E-state index contributed by atoms with van der Waals surface area (Å²) in [7, 11) is 2.05. The van der Waals surface area contributed by atoms with Gasteiger partial charge in [0, 0.05) is 25.2 Å². The maximum absolute atomic E-state index is 12.9. The van der Waals surface area contributed by atoms with Gasteiger partial charge in [-0.05, 0) is 37.9 Å². The molecule has 1 aromatic carbocycles. The normalized spacial score (nSPS) is 20.7. The summed E-state index contributed by atoms with van der Waals surface area (Å²) in [5.74, 6) is 2.82. The van der Waals surface area contributed by atoms with Crippen molar-refractivity contribution in [2.75, 3.05) is 18.0 Å². The van der Waals surface area contributed by atoms with Crippen molar-refractivity contribution in [2.24, 2.45) is 7.05 Å². The summed E-state index contributed by atoms with van der Waals surface area (Å²) in [6, 6.07) is 9.86. The van der Waals surface area contributed by atoms with Crippen LogP contribution in [0.5, 0.6) is 0 Å². The third-order valence-corrected chi connectivity index (χ3v) is 5.38. The van der Waals surface area contributed by atoms with E-state index in [1.54, 1.807) is 0 Å². The Morgan fingerprint density at radius 2 is 1.92 bits per heavy atom. The highest BCUT2D eigenvalue weighted by molar-refractivity contribution is 5.99. The van der Waals surface area contributed by atoms with E-state index in [0.29, 0.717) is 12.5 Å². The van der Waals surface area contributed by atoms with Gasteiger partial charge < -0.3 is 9.47 Å². The van der Waals surface area contributed by atoms with Crippen LogP contribution in [0.4, 0.5) is 5.69 Å². The van der Waals surface area contributed by atoms with Crippen LogP contribution in [-0.4, -0.2) is 44.7 Å². The van der Waals surface area contributed by atoms with Crippen LogP contribution in [0.15, 0.2) is 30.3 Å². The quantitative estimate of drug-likeness (QED) is 0.810. The highest BCUT2D eigenvalue weighted by Gasteiger charge is 2.37. The SMILES string of the molecule is CCN(Cc1nnc(C2CC2)n1C)[C@H]1CCN(c2ccccc2)C1=O. The zero-order chi connectivity index (χ0) is 17.4.